The van der Waals surface area contributed by atoms with E-state index in [1.165, 1.54) is 36.5 Å². The third kappa shape index (κ3) is 18.2. The molecule has 3 saturated heterocycles. The topological polar surface area (TPSA) is 296 Å². The second kappa shape index (κ2) is 35.2. The molecule has 31 heteroatoms. The maximum Gasteiger partial charge on any atom is 0.248 e. The quantitative estimate of drug-likeness (QED) is 0.0396. The van der Waals surface area contributed by atoms with Crippen molar-refractivity contribution in [1.29, 1.82) is 0 Å². The van der Waals surface area contributed by atoms with Crippen molar-refractivity contribution in [3.8, 4) is 45.0 Å². The molecule has 0 unspecified atom stereocenters. The van der Waals surface area contributed by atoms with Gasteiger partial charge in [0.2, 0.25) is 11.5 Å². The molecule has 0 saturated carbocycles. The smallest absolute Gasteiger partial charge is 0.248 e. The minimum atomic E-state index is -3.64. The van der Waals surface area contributed by atoms with Crippen LogP contribution in [0.25, 0.3) is 67.6 Å². The second-order valence-corrected chi connectivity index (χ2v) is 31.4. The van der Waals surface area contributed by atoms with E-state index in [0.29, 0.717) is 72.1 Å². The highest BCUT2D eigenvalue weighted by Gasteiger charge is 2.23. The minimum absolute atomic E-state index is 0.138. The van der Waals surface area contributed by atoms with Gasteiger partial charge in [-0.05, 0) is 178 Å². The number of H-pyrrole nitrogens is 3. The average molecular weight is 1620 g/mol. The Morgan fingerprint density at radius 1 is 0.462 bits per heavy atom. The van der Waals surface area contributed by atoms with Gasteiger partial charge in [-0.25, -0.2) is 37.1 Å². The van der Waals surface area contributed by atoms with Crippen LogP contribution in [0, 0.1) is 11.6 Å². The summed E-state index contributed by atoms with van der Waals surface area (Å²) in [5.74, 6) is -1.23. The summed E-state index contributed by atoms with van der Waals surface area (Å²) >= 11 is 0. The van der Waals surface area contributed by atoms with E-state index in [1.807, 2.05) is 136 Å². The van der Waals surface area contributed by atoms with E-state index < -0.39 is 15.7 Å². The molecule has 1 amide bonds. The first-order valence-corrected chi connectivity index (χ1v) is 41.0. The van der Waals surface area contributed by atoms with Crippen LogP contribution >= 0.6 is 0 Å². The van der Waals surface area contributed by atoms with Gasteiger partial charge in [0.05, 0.1) is 76.8 Å². The first kappa shape index (κ1) is 78.9. The molecule has 28 nitrogen and oxygen atoms in total. The number of imidazole rings is 4. The number of aromatic nitrogens is 13. The van der Waals surface area contributed by atoms with Crippen LogP contribution in [0.2, 0.25) is 0 Å². The summed E-state index contributed by atoms with van der Waals surface area (Å²) in [5.41, 5.74) is 20.9. The number of nitrogens with zero attached hydrogens (tertiary/aromatic N) is 15. The number of rotatable bonds is 18. The van der Waals surface area contributed by atoms with E-state index in [2.05, 4.69) is 194 Å². The van der Waals surface area contributed by atoms with Crippen LogP contribution < -0.4 is 46.8 Å². The van der Waals surface area contributed by atoms with Gasteiger partial charge in [-0.3, -0.25) is 42.3 Å². The summed E-state index contributed by atoms with van der Waals surface area (Å²) in [6.45, 7) is 17.4. The van der Waals surface area contributed by atoms with Crippen LogP contribution in [-0.2, 0) is 19.4 Å². The van der Waals surface area contributed by atoms with Crippen molar-refractivity contribution < 1.29 is 26.7 Å². The van der Waals surface area contributed by atoms with E-state index in [1.54, 1.807) is 30.7 Å². The molecule has 14 heterocycles. The van der Waals surface area contributed by atoms with Crippen molar-refractivity contribution in [3.05, 3.63) is 272 Å². The fourth-order valence-electron chi connectivity index (χ4n) is 14.9. The normalized spacial score (nSPS) is 14.0. The number of anilines is 12. The summed E-state index contributed by atoms with van der Waals surface area (Å²) < 4.78 is 65.5. The van der Waals surface area contributed by atoms with Gasteiger partial charge in [-0.2, -0.15) is 10.2 Å². The molecular formula is C88H89F2N23O5S. The number of ether oxygens (including phenoxy) is 1. The molecule has 3 aliphatic heterocycles. The fourth-order valence-corrected chi connectivity index (χ4v) is 15.6. The van der Waals surface area contributed by atoms with Gasteiger partial charge < -0.3 is 55.9 Å². The lowest BCUT2D eigenvalue weighted by molar-refractivity contribution is -0.114. The van der Waals surface area contributed by atoms with Gasteiger partial charge in [0.25, 0.3) is 0 Å². The molecule has 3 fully saturated rings. The van der Waals surface area contributed by atoms with Crippen LogP contribution in [0.5, 0.6) is 0 Å². The van der Waals surface area contributed by atoms with Crippen LogP contribution in [0.15, 0.2) is 260 Å². The first-order chi connectivity index (χ1) is 57.9. The maximum absolute atomic E-state index is 14.7. The summed E-state index contributed by atoms with van der Waals surface area (Å²) in [7, 11) is -1.46. The van der Waals surface area contributed by atoms with Crippen LogP contribution in [0.3, 0.4) is 0 Å². The molecule has 0 radical (unpaired) electrons. The molecule has 19 rings (SSSR count). The molecule has 0 atom stereocenters. The monoisotopic (exact) mass is 1620 g/mol. The Morgan fingerprint density at radius 2 is 0.882 bits per heavy atom. The molecule has 3 aliphatic rings. The Bertz CT molecular complexity index is 6370. The zero-order chi connectivity index (χ0) is 82.1. The number of hydrogen-bond donors (Lipinski definition) is 8. The van der Waals surface area contributed by atoms with Gasteiger partial charge in [-0.1, -0.05) is 12.1 Å². The van der Waals surface area contributed by atoms with Crippen molar-refractivity contribution in [2.75, 3.05) is 133 Å². The van der Waals surface area contributed by atoms with Crippen molar-refractivity contribution in [2.45, 2.75) is 31.7 Å². The number of likely N-dealkylation sites (N-methyl/N-ethyl adjacent to an activating group) is 1. The SMILES string of the molecule is CC(=O)Nc1ccc(-c2ccc(Nc3ccc(S(C)(=O)=O)c(F)c3)c3nccn23)cc1.CC(C)N1CCN(c2ccc(Nc3ccc(-c4cn[nH]c4)n4ccnc34)cc2)CC1.CN1CCN(c2ccc(Nc3ccc(-c4cn[nH]c4)n4ccnc34)cc2)CC1.O=c1cc(-c2ccc(Nc3ccc(N4CCOCC4)c(F)c3)c3nccn23)cc[nH]1. The zero-order valence-electron chi connectivity index (χ0n) is 66.1. The average Bonchev–Trinajstić information content (AvgIpc) is 1.70. The van der Waals surface area contributed by atoms with Gasteiger partial charge in [0.1, 0.15) is 16.5 Å². The van der Waals surface area contributed by atoms with Gasteiger partial charge in [0, 0.05) is 215 Å². The number of nitrogens with one attached hydrogen (secondary N) is 8. The summed E-state index contributed by atoms with van der Waals surface area (Å²) in [6.07, 6.45) is 24.6. The van der Waals surface area contributed by atoms with Crippen molar-refractivity contribution in [2.24, 2.45) is 0 Å². The first-order valence-electron chi connectivity index (χ1n) is 39.1. The number of halogens is 2. The Balaban J connectivity index is 0.000000118. The standard InChI is InChI=1S/C23H27N7.C22H20FN5O2.C22H19FN4O3S.C21H23N7/c1-17(2)28-11-13-29(14-12-28)20-5-3-19(4-6-20)27-21-7-8-22(18-15-25-26-16-18)30-10-9-24-23(21)30;23-17-14-16(1-3-20(17)27-9-11-30-12-10-27)26-18-2-4-19(28-8-7-25-22(18)28)15-5-6-24-21(29)13-15;1-14(28)25-16-5-3-15(4-6-16)20-9-8-19(22-24-11-12-27(20)22)26-17-7-10-21(18(23)13-17)31(2,29)30;1-26-10-12-27(13-11-26)18-4-2-17(3-5-18)25-19-6-7-20(16-14-23-24-15-16)28-9-8-22-21(19)28/h3-10,15-17,27H,11-14H2,1-2H3,(H,25,26);1-8,13-14,26H,9-12H2,(H,24,29);3-13,26H,1-2H3,(H,25,28);2-9,14-15,25H,10-13H2,1H3,(H,23,24). The Hall–Kier alpha value is -14.0. The van der Waals surface area contributed by atoms with E-state index in [9.17, 15) is 26.8 Å². The second-order valence-electron chi connectivity index (χ2n) is 29.4. The third-order valence-corrected chi connectivity index (χ3v) is 22.2. The molecule has 119 heavy (non-hydrogen) atoms. The van der Waals surface area contributed by atoms with Gasteiger partial charge >= 0.3 is 0 Å². The molecule has 0 aliphatic carbocycles. The van der Waals surface area contributed by atoms with E-state index in [4.69, 9.17) is 4.74 Å². The highest BCUT2D eigenvalue weighted by Crippen LogP contribution is 2.35. The number of sulfone groups is 1. The number of fused-ring (bicyclic) bond motifs is 4. The van der Waals surface area contributed by atoms with E-state index in [0.717, 1.165) is 149 Å². The predicted molar refractivity (Wildman–Crippen MR) is 465 cm³/mol. The van der Waals surface area contributed by atoms with Crippen molar-refractivity contribution >= 4 is 107 Å². The van der Waals surface area contributed by atoms with Gasteiger partial charge in [0.15, 0.2) is 32.4 Å². The lowest BCUT2D eigenvalue weighted by atomic mass is 10.1. The minimum Gasteiger partial charge on any atom is -0.378 e. The van der Waals surface area contributed by atoms with Crippen LogP contribution in [0.4, 0.5) is 77.0 Å². The summed E-state index contributed by atoms with van der Waals surface area (Å²) in [4.78, 5) is 54.9. The number of benzene rings is 5. The number of carbonyl (C=O) groups is 1. The molecule has 0 spiro atoms. The highest BCUT2D eigenvalue weighted by atomic mass is 32.2. The molecule has 5 aromatic carbocycles. The summed E-state index contributed by atoms with van der Waals surface area (Å²) in [5, 5.41) is 30.0. The Morgan fingerprint density at radius 3 is 1.30 bits per heavy atom. The zero-order valence-corrected chi connectivity index (χ0v) is 67.0. The largest absolute Gasteiger partial charge is 0.378 e. The van der Waals surface area contributed by atoms with E-state index in [-0.39, 0.29) is 22.2 Å². The lowest BCUT2D eigenvalue weighted by Gasteiger charge is -2.38. The van der Waals surface area contributed by atoms with Crippen LogP contribution in [-0.4, -0.2) is 185 Å². The number of amides is 1. The number of carbonyl (C=O) groups excluding carboxylic acids is 1. The molecule has 8 N–H and O–H groups in total. The molecule has 16 aromatic rings. The van der Waals surface area contributed by atoms with E-state index >= 15 is 0 Å². The molecule has 11 aromatic heterocycles. The van der Waals surface area contributed by atoms with Crippen molar-refractivity contribution in [3.63, 3.8) is 0 Å². The Labute approximate surface area is 684 Å². The number of piperazine rings is 2. The molecule has 606 valence electrons. The molecule has 0 bridgehead atoms. The highest BCUT2D eigenvalue weighted by molar-refractivity contribution is 7.90. The number of aromatic amines is 3. The number of pyridine rings is 5. The number of hydrogen-bond acceptors (Lipinski definition) is 20. The van der Waals surface area contributed by atoms with Gasteiger partial charge in [-0.15, -0.1) is 0 Å². The third-order valence-electron chi connectivity index (χ3n) is 21.1. The van der Waals surface area contributed by atoms with Crippen molar-refractivity contribution in [1.82, 2.24) is 72.7 Å². The lowest BCUT2D eigenvalue weighted by Crippen LogP contribution is -2.48. The summed E-state index contributed by atoms with van der Waals surface area (Å²) in [6, 6.07) is 53.6. The Kier molecular flexibility index (Phi) is 23.3. The number of morpholine rings is 1. The van der Waals surface area contributed by atoms with Crippen LogP contribution in [0.1, 0.15) is 20.8 Å². The fraction of sp³-hybridized carbons (Fsp3) is 0.205. The predicted octanol–water partition coefficient (Wildman–Crippen LogP) is 14.9. The maximum atomic E-state index is 14.7. The molecular weight excluding hydrogens is 1530 g/mol.